The van der Waals surface area contributed by atoms with E-state index >= 15 is 0 Å². The smallest absolute Gasteiger partial charge is 0.335 e. The topological polar surface area (TPSA) is 83.5 Å². The minimum atomic E-state index is -3.62. The number of carbonyl (C=O) groups is 1. The summed E-state index contributed by atoms with van der Waals surface area (Å²) in [4.78, 5) is 10.7. The second-order valence-corrected chi connectivity index (χ2v) is 6.09. The summed E-state index contributed by atoms with van der Waals surface area (Å²) in [7, 11) is -3.62. The van der Waals surface area contributed by atoms with Crippen LogP contribution in [0, 0.1) is 11.7 Å². The van der Waals surface area contributed by atoms with Gasteiger partial charge in [-0.15, -0.1) is 0 Å². The molecule has 0 radical (unpaired) electrons. The minimum Gasteiger partial charge on any atom is -0.478 e. The van der Waals surface area contributed by atoms with Crippen molar-refractivity contribution in [2.24, 2.45) is 5.92 Å². The van der Waals surface area contributed by atoms with Crippen molar-refractivity contribution in [1.82, 2.24) is 0 Å². The molecule has 7 heteroatoms. The summed E-state index contributed by atoms with van der Waals surface area (Å²) in [5.74, 6) is -1.95. The highest BCUT2D eigenvalue weighted by atomic mass is 32.2. The first kappa shape index (κ1) is 12.8. The van der Waals surface area contributed by atoms with Gasteiger partial charge in [-0.3, -0.25) is 4.72 Å². The first-order valence-electron chi connectivity index (χ1n) is 5.41. The second-order valence-electron chi connectivity index (χ2n) is 4.33. The molecule has 0 spiro atoms. The van der Waals surface area contributed by atoms with Gasteiger partial charge in [0.25, 0.3) is 0 Å². The molecule has 0 aliphatic heterocycles. The predicted molar refractivity (Wildman–Crippen MR) is 63.5 cm³/mol. The van der Waals surface area contributed by atoms with Gasteiger partial charge in [-0.05, 0) is 37.0 Å². The van der Waals surface area contributed by atoms with Crippen LogP contribution in [0.4, 0.5) is 10.1 Å². The Morgan fingerprint density at radius 3 is 2.67 bits per heavy atom. The average molecular weight is 273 g/mol. The lowest BCUT2D eigenvalue weighted by molar-refractivity contribution is 0.0697. The fraction of sp³-hybridized carbons (Fsp3) is 0.364. The SMILES string of the molecule is O=C(O)c1ccc(F)c(NS(=O)(=O)CC2CC2)c1. The molecule has 5 nitrogen and oxygen atoms in total. The number of hydrogen-bond acceptors (Lipinski definition) is 3. The van der Waals surface area contributed by atoms with Gasteiger partial charge in [0.15, 0.2) is 0 Å². The molecule has 0 unspecified atom stereocenters. The lowest BCUT2D eigenvalue weighted by Gasteiger charge is -2.09. The largest absolute Gasteiger partial charge is 0.478 e. The van der Waals surface area contributed by atoms with Crippen LogP contribution < -0.4 is 4.72 Å². The molecule has 1 fully saturated rings. The number of benzene rings is 1. The normalized spacial score (nSPS) is 15.4. The van der Waals surface area contributed by atoms with Gasteiger partial charge in [-0.2, -0.15) is 0 Å². The number of carboxylic acids is 1. The highest BCUT2D eigenvalue weighted by molar-refractivity contribution is 7.92. The quantitative estimate of drug-likeness (QED) is 0.854. The predicted octanol–water partition coefficient (Wildman–Crippen LogP) is 1.68. The Morgan fingerprint density at radius 2 is 2.11 bits per heavy atom. The summed E-state index contributed by atoms with van der Waals surface area (Å²) in [6.07, 6.45) is 1.72. The highest BCUT2D eigenvalue weighted by Gasteiger charge is 2.28. The fourth-order valence-electron chi connectivity index (χ4n) is 1.54. The van der Waals surface area contributed by atoms with Crippen molar-refractivity contribution in [3.05, 3.63) is 29.6 Å². The zero-order valence-electron chi connectivity index (χ0n) is 9.39. The Kier molecular flexibility index (Phi) is 3.25. The van der Waals surface area contributed by atoms with Crippen molar-refractivity contribution in [2.75, 3.05) is 10.5 Å². The molecule has 18 heavy (non-hydrogen) atoms. The first-order chi connectivity index (χ1) is 8.37. The lowest BCUT2D eigenvalue weighted by atomic mass is 10.2. The van der Waals surface area contributed by atoms with E-state index in [4.69, 9.17) is 5.11 Å². The fourth-order valence-corrected chi connectivity index (χ4v) is 3.07. The molecule has 0 heterocycles. The van der Waals surface area contributed by atoms with Crippen molar-refractivity contribution >= 4 is 21.7 Å². The van der Waals surface area contributed by atoms with E-state index in [2.05, 4.69) is 4.72 Å². The van der Waals surface area contributed by atoms with Gasteiger partial charge in [0, 0.05) is 0 Å². The van der Waals surface area contributed by atoms with E-state index in [1.165, 1.54) is 0 Å². The van der Waals surface area contributed by atoms with E-state index in [9.17, 15) is 17.6 Å². The van der Waals surface area contributed by atoms with E-state index in [-0.39, 0.29) is 22.9 Å². The molecule has 2 N–H and O–H groups in total. The van der Waals surface area contributed by atoms with E-state index in [1.54, 1.807) is 0 Å². The zero-order valence-corrected chi connectivity index (χ0v) is 10.2. The van der Waals surface area contributed by atoms with Crippen LogP contribution >= 0.6 is 0 Å². The minimum absolute atomic E-state index is 0.0518. The van der Waals surface area contributed by atoms with Crippen LogP contribution in [0.3, 0.4) is 0 Å². The number of hydrogen-bond donors (Lipinski definition) is 2. The standard InChI is InChI=1S/C11H12FNO4S/c12-9-4-3-8(11(14)15)5-10(9)13-18(16,17)6-7-1-2-7/h3-5,7,13H,1-2,6H2,(H,14,15). The van der Waals surface area contributed by atoms with Crippen molar-refractivity contribution < 1.29 is 22.7 Å². The lowest BCUT2D eigenvalue weighted by Crippen LogP contribution is -2.19. The number of halogens is 1. The van der Waals surface area contributed by atoms with Crippen LogP contribution in [0.15, 0.2) is 18.2 Å². The summed E-state index contributed by atoms with van der Waals surface area (Å²) in [6, 6.07) is 2.98. The zero-order chi connectivity index (χ0) is 13.3. The monoisotopic (exact) mass is 273 g/mol. The van der Waals surface area contributed by atoms with Crippen LogP contribution in [-0.2, 0) is 10.0 Å². The number of nitrogens with one attached hydrogen (secondary N) is 1. The van der Waals surface area contributed by atoms with Crippen molar-refractivity contribution in [3.63, 3.8) is 0 Å². The maximum Gasteiger partial charge on any atom is 0.335 e. The maximum atomic E-state index is 13.4. The molecule has 2 rings (SSSR count). The van der Waals surface area contributed by atoms with Crippen molar-refractivity contribution in [1.29, 1.82) is 0 Å². The first-order valence-corrected chi connectivity index (χ1v) is 7.06. The van der Waals surface area contributed by atoms with Crippen molar-refractivity contribution in [2.45, 2.75) is 12.8 Å². The van der Waals surface area contributed by atoms with Crippen LogP contribution in [-0.4, -0.2) is 25.2 Å². The Morgan fingerprint density at radius 1 is 1.44 bits per heavy atom. The summed E-state index contributed by atoms with van der Waals surface area (Å²) in [6.45, 7) is 0. The summed E-state index contributed by atoms with van der Waals surface area (Å²) >= 11 is 0. The van der Waals surface area contributed by atoms with E-state index < -0.39 is 21.8 Å². The van der Waals surface area contributed by atoms with Gasteiger partial charge >= 0.3 is 5.97 Å². The molecule has 0 amide bonds. The summed E-state index contributed by atoms with van der Waals surface area (Å²) < 4.78 is 38.8. The molecular weight excluding hydrogens is 261 g/mol. The molecule has 98 valence electrons. The van der Waals surface area contributed by atoms with Crippen LogP contribution in [0.25, 0.3) is 0 Å². The number of anilines is 1. The van der Waals surface area contributed by atoms with E-state index in [1.807, 2.05) is 0 Å². The second kappa shape index (κ2) is 4.56. The average Bonchev–Trinajstić information content (AvgIpc) is 3.03. The Labute approximate surface area is 104 Å². The molecule has 0 bridgehead atoms. The molecule has 0 saturated heterocycles. The van der Waals surface area contributed by atoms with Gasteiger partial charge < -0.3 is 5.11 Å². The molecule has 1 saturated carbocycles. The van der Waals surface area contributed by atoms with Crippen LogP contribution in [0.5, 0.6) is 0 Å². The van der Waals surface area contributed by atoms with Gasteiger partial charge in [-0.25, -0.2) is 17.6 Å². The van der Waals surface area contributed by atoms with Gasteiger partial charge in [0.05, 0.1) is 17.0 Å². The van der Waals surface area contributed by atoms with Gasteiger partial charge in [-0.1, -0.05) is 0 Å². The molecule has 0 aromatic heterocycles. The van der Waals surface area contributed by atoms with Crippen LogP contribution in [0.1, 0.15) is 23.2 Å². The van der Waals surface area contributed by atoms with Crippen LogP contribution in [0.2, 0.25) is 0 Å². The van der Waals surface area contributed by atoms with E-state index in [0.29, 0.717) is 0 Å². The Balaban J connectivity index is 2.21. The van der Waals surface area contributed by atoms with Gasteiger partial charge in [0.1, 0.15) is 5.82 Å². The van der Waals surface area contributed by atoms with Gasteiger partial charge in [0.2, 0.25) is 10.0 Å². The third-order valence-electron chi connectivity index (χ3n) is 2.63. The molecule has 1 aliphatic carbocycles. The number of carboxylic acid groups (broad SMARTS) is 1. The summed E-state index contributed by atoms with van der Waals surface area (Å²) in [5.41, 5.74) is -0.490. The number of rotatable bonds is 5. The molecule has 1 aromatic carbocycles. The molecular formula is C11H12FNO4S. The Bertz CT molecular complexity index is 581. The van der Waals surface area contributed by atoms with Crippen molar-refractivity contribution in [3.8, 4) is 0 Å². The third kappa shape index (κ3) is 3.19. The number of aromatic carboxylic acids is 1. The summed E-state index contributed by atoms with van der Waals surface area (Å²) in [5, 5.41) is 8.75. The highest BCUT2D eigenvalue weighted by Crippen LogP contribution is 2.31. The third-order valence-corrected chi connectivity index (χ3v) is 4.07. The molecule has 1 aromatic rings. The molecule has 1 aliphatic rings. The number of sulfonamides is 1. The Hall–Kier alpha value is -1.63. The maximum absolute atomic E-state index is 13.4. The molecule has 0 atom stereocenters. The van der Waals surface area contributed by atoms with E-state index in [0.717, 1.165) is 31.0 Å².